The zero-order valence-corrected chi connectivity index (χ0v) is 12.2. The van der Waals surface area contributed by atoms with Gasteiger partial charge in [-0.05, 0) is 52.6 Å². The number of nitrogens with one attached hydrogen (secondary N) is 1. The minimum absolute atomic E-state index is 0.564. The van der Waals surface area contributed by atoms with E-state index in [1.54, 1.807) is 0 Å². The quantitative estimate of drug-likeness (QED) is 0.737. The number of likely N-dealkylation sites (tertiary alicyclic amines) is 1. The van der Waals surface area contributed by atoms with Crippen LogP contribution >= 0.6 is 0 Å². The summed E-state index contributed by atoms with van der Waals surface area (Å²) in [6, 6.07) is 1.42. The molecule has 1 aliphatic heterocycles. The first-order chi connectivity index (χ1) is 8.75. The first kappa shape index (κ1) is 14.3. The number of hydrogen-bond donors (Lipinski definition) is 1. The average molecular weight is 254 g/mol. The number of hydrogen-bond acceptors (Lipinski definition) is 3. The lowest BCUT2D eigenvalue weighted by Crippen LogP contribution is -2.45. The summed E-state index contributed by atoms with van der Waals surface area (Å²) in [6.07, 6.45) is 8.45. The molecular formula is C15H30N2O. The van der Waals surface area contributed by atoms with Crippen LogP contribution in [0.5, 0.6) is 0 Å². The molecule has 2 aliphatic rings. The van der Waals surface area contributed by atoms with Crippen molar-refractivity contribution in [3.8, 4) is 0 Å². The van der Waals surface area contributed by atoms with Crippen molar-refractivity contribution in [3.63, 3.8) is 0 Å². The summed E-state index contributed by atoms with van der Waals surface area (Å²) in [6.45, 7) is 9.02. The lowest BCUT2D eigenvalue weighted by molar-refractivity contribution is 0.0570. The molecule has 0 radical (unpaired) electrons. The second kappa shape index (κ2) is 7.46. The van der Waals surface area contributed by atoms with Gasteiger partial charge >= 0.3 is 0 Å². The smallest absolute Gasteiger partial charge is 0.0594 e. The summed E-state index contributed by atoms with van der Waals surface area (Å²) >= 11 is 0. The van der Waals surface area contributed by atoms with E-state index in [0.717, 1.165) is 13.2 Å². The summed E-state index contributed by atoms with van der Waals surface area (Å²) in [5.41, 5.74) is 0. The molecule has 1 heterocycles. The van der Waals surface area contributed by atoms with Crippen molar-refractivity contribution in [3.05, 3.63) is 0 Å². The highest BCUT2D eigenvalue weighted by atomic mass is 16.5. The van der Waals surface area contributed by atoms with Crippen LogP contribution in [0.3, 0.4) is 0 Å². The van der Waals surface area contributed by atoms with Crippen molar-refractivity contribution in [2.75, 3.05) is 26.2 Å². The van der Waals surface area contributed by atoms with Gasteiger partial charge in [-0.15, -0.1) is 0 Å². The third-order valence-electron chi connectivity index (χ3n) is 4.45. The van der Waals surface area contributed by atoms with E-state index in [0.29, 0.717) is 18.2 Å². The molecule has 2 fully saturated rings. The van der Waals surface area contributed by atoms with Crippen LogP contribution < -0.4 is 5.32 Å². The van der Waals surface area contributed by atoms with Gasteiger partial charge in [0.15, 0.2) is 0 Å². The Balaban J connectivity index is 1.50. The maximum atomic E-state index is 5.88. The van der Waals surface area contributed by atoms with E-state index >= 15 is 0 Å². The third kappa shape index (κ3) is 4.52. The molecule has 2 rings (SSSR count). The van der Waals surface area contributed by atoms with Crippen LogP contribution in [0.15, 0.2) is 0 Å². The molecule has 3 nitrogen and oxygen atoms in total. The molecule has 1 N–H and O–H groups in total. The van der Waals surface area contributed by atoms with Gasteiger partial charge in [-0.2, -0.15) is 0 Å². The van der Waals surface area contributed by atoms with Gasteiger partial charge in [-0.1, -0.05) is 12.8 Å². The molecule has 1 saturated heterocycles. The number of rotatable bonds is 6. The second-order valence-electron chi connectivity index (χ2n) is 6.14. The van der Waals surface area contributed by atoms with E-state index in [4.69, 9.17) is 4.74 Å². The Morgan fingerprint density at radius 3 is 2.39 bits per heavy atom. The SMILES string of the molecule is CC(C)N1CCC(NCCOC2CCCC2)CC1. The molecule has 0 atom stereocenters. The minimum atomic E-state index is 0.564. The molecule has 0 unspecified atom stereocenters. The van der Waals surface area contributed by atoms with Crippen molar-refractivity contribution in [1.82, 2.24) is 10.2 Å². The Morgan fingerprint density at radius 2 is 1.78 bits per heavy atom. The van der Waals surface area contributed by atoms with Gasteiger partial charge in [-0.3, -0.25) is 0 Å². The fraction of sp³-hybridized carbons (Fsp3) is 1.00. The zero-order chi connectivity index (χ0) is 12.8. The average Bonchev–Trinajstić information content (AvgIpc) is 2.88. The molecule has 3 heteroatoms. The van der Waals surface area contributed by atoms with Crippen LogP contribution in [0.2, 0.25) is 0 Å². The van der Waals surface area contributed by atoms with Crippen LogP contribution in [-0.4, -0.2) is 49.3 Å². The predicted octanol–water partition coefficient (Wildman–Crippen LogP) is 2.41. The Labute approximate surface area is 112 Å². The highest BCUT2D eigenvalue weighted by Crippen LogP contribution is 2.20. The highest BCUT2D eigenvalue weighted by Gasteiger charge is 2.20. The molecular weight excluding hydrogens is 224 g/mol. The van der Waals surface area contributed by atoms with Gasteiger partial charge in [0.05, 0.1) is 12.7 Å². The topological polar surface area (TPSA) is 24.5 Å². The number of ether oxygens (including phenoxy) is 1. The van der Waals surface area contributed by atoms with Crippen molar-refractivity contribution in [1.29, 1.82) is 0 Å². The van der Waals surface area contributed by atoms with Crippen molar-refractivity contribution in [2.24, 2.45) is 0 Å². The Kier molecular flexibility index (Phi) is 5.93. The molecule has 1 saturated carbocycles. The summed E-state index contributed by atoms with van der Waals surface area (Å²) in [5, 5.41) is 3.65. The minimum Gasteiger partial charge on any atom is -0.377 e. The van der Waals surface area contributed by atoms with Crippen molar-refractivity contribution in [2.45, 2.75) is 70.6 Å². The normalized spacial score (nSPS) is 24.2. The van der Waals surface area contributed by atoms with E-state index in [-0.39, 0.29) is 0 Å². The largest absolute Gasteiger partial charge is 0.377 e. The number of piperidine rings is 1. The van der Waals surface area contributed by atoms with Crippen LogP contribution in [0.4, 0.5) is 0 Å². The van der Waals surface area contributed by atoms with E-state index < -0.39 is 0 Å². The molecule has 0 aromatic heterocycles. The fourth-order valence-electron chi connectivity index (χ4n) is 3.16. The second-order valence-corrected chi connectivity index (χ2v) is 6.14. The molecule has 106 valence electrons. The van der Waals surface area contributed by atoms with Gasteiger partial charge in [0.25, 0.3) is 0 Å². The van der Waals surface area contributed by atoms with Crippen LogP contribution in [-0.2, 0) is 4.74 Å². The fourth-order valence-corrected chi connectivity index (χ4v) is 3.16. The van der Waals surface area contributed by atoms with Crippen LogP contribution in [0, 0.1) is 0 Å². The Hall–Kier alpha value is -0.120. The summed E-state index contributed by atoms with van der Waals surface area (Å²) in [5.74, 6) is 0. The molecule has 1 aliphatic carbocycles. The Morgan fingerprint density at radius 1 is 1.11 bits per heavy atom. The van der Waals surface area contributed by atoms with E-state index in [9.17, 15) is 0 Å². The summed E-state index contributed by atoms with van der Waals surface area (Å²) in [4.78, 5) is 2.58. The first-order valence-electron chi connectivity index (χ1n) is 7.84. The molecule has 0 aromatic rings. The van der Waals surface area contributed by atoms with Crippen molar-refractivity contribution < 1.29 is 4.74 Å². The maximum absolute atomic E-state index is 5.88. The van der Waals surface area contributed by atoms with Gasteiger partial charge in [0.2, 0.25) is 0 Å². The standard InChI is InChI=1S/C15H30N2O/c1-13(2)17-10-7-14(8-11-17)16-9-12-18-15-5-3-4-6-15/h13-16H,3-12H2,1-2H3. The Bertz CT molecular complexity index is 219. The van der Waals surface area contributed by atoms with Gasteiger partial charge < -0.3 is 15.0 Å². The van der Waals surface area contributed by atoms with E-state index in [2.05, 4.69) is 24.1 Å². The summed E-state index contributed by atoms with van der Waals surface area (Å²) in [7, 11) is 0. The first-order valence-corrected chi connectivity index (χ1v) is 7.84. The molecule has 18 heavy (non-hydrogen) atoms. The maximum Gasteiger partial charge on any atom is 0.0594 e. The third-order valence-corrected chi connectivity index (χ3v) is 4.45. The van der Waals surface area contributed by atoms with Crippen molar-refractivity contribution >= 4 is 0 Å². The monoisotopic (exact) mass is 254 g/mol. The predicted molar refractivity (Wildman–Crippen MR) is 75.9 cm³/mol. The van der Waals surface area contributed by atoms with Gasteiger partial charge in [0, 0.05) is 18.6 Å². The lowest BCUT2D eigenvalue weighted by atomic mass is 10.0. The summed E-state index contributed by atoms with van der Waals surface area (Å²) < 4.78 is 5.88. The van der Waals surface area contributed by atoms with Gasteiger partial charge in [0.1, 0.15) is 0 Å². The molecule has 0 bridgehead atoms. The zero-order valence-electron chi connectivity index (χ0n) is 12.2. The number of nitrogens with zero attached hydrogens (tertiary/aromatic N) is 1. The highest BCUT2D eigenvalue weighted by molar-refractivity contribution is 4.78. The molecule has 0 amide bonds. The molecule has 0 spiro atoms. The van der Waals surface area contributed by atoms with Crippen LogP contribution in [0.1, 0.15) is 52.4 Å². The molecule has 0 aromatic carbocycles. The lowest BCUT2D eigenvalue weighted by Gasteiger charge is -2.35. The van der Waals surface area contributed by atoms with Crippen LogP contribution in [0.25, 0.3) is 0 Å². The van der Waals surface area contributed by atoms with Gasteiger partial charge in [-0.25, -0.2) is 0 Å². The van der Waals surface area contributed by atoms with E-state index in [1.165, 1.54) is 51.6 Å². The van der Waals surface area contributed by atoms with E-state index in [1.807, 2.05) is 0 Å².